The zero-order chi connectivity index (χ0) is 12.0. The molecule has 1 unspecified atom stereocenters. The lowest BCUT2D eigenvalue weighted by molar-refractivity contribution is 0.365. The van der Waals surface area contributed by atoms with E-state index < -0.39 is 0 Å². The number of nitrogens with one attached hydrogen (secondary N) is 1. The third-order valence-electron chi connectivity index (χ3n) is 2.75. The smallest absolute Gasteiger partial charge is 0.0208 e. The van der Waals surface area contributed by atoms with Gasteiger partial charge in [-0.3, -0.25) is 0 Å². The predicted octanol–water partition coefficient (Wildman–Crippen LogP) is 2.42. The highest BCUT2D eigenvalue weighted by Crippen LogP contribution is 2.04. The van der Waals surface area contributed by atoms with Gasteiger partial charge in [-0.2, -0.15) is 0 Å². The Morgan fingerprint density at radius 1 is 1.31 bits per heavy atom. The van der Waals surface area contributed by atoms with Crippen LogP contribution >= 0.6 is 0 Å². The SMILES string of the molecule is Cc1cccc(CNC(C)CCN(C)C)c1. The van der Waals surface area contributed by atoms with E-state index in [0.717, 1.165) is 13.1 Å². The van der Waals surface area contributed by atoms with Crippen molar-refractivity contribution in [1.29, 1.82) is 0 Å². The van der Waals surface area contributed by atoms with Crippen molar-refractivity contribution in [2.75, 3.05) is 20.6 Å². The van der Waals surface area contributed by atoms with Gasteiger partial charge in [0.2, 0.25) is 0 Å². The largest absolute Gasteiger partial charge is 0.310 e. The summed E-state index contributed by atoms with van der Waals surface area (Å²) in [6.45, 7) is 6.50. The molecule has 0 aliphatic rings. The Bertz CT molecular complexity index is 307. The maximum Gasteiger partial charge on any atom is 0.0208 e. The summed E-state index contributed by atoms with van der Waals surface area (Å²) in [4.78, 5) is 2.23. The van der Waals surface area contributed by atoms with Crippen LogP contribution in [0.2, 0.25) is 0 Å². The van der Waals surface area contributed by atoms with Gasteiger partial charge >= 0.3 is 0 Å². The third-order valence-corrected chi connectivity index (χ3v) is 2.75. The van der Waals surface area contributed by atoms with Crippen LogP contribution in [-0.4, -0.2) is 31.6 Å². The molecule has 90 valence electrons. The van der Waals surface area contributed by atoms with Gasteiger partial charge in [0, 0.05) is 12.6 Å². The van der Waals surface area contributed by atoms with Gasteiger partial charge in [0.1, 0.15) is 0 Å². The molecule has 0 spiro atoms. The van der Waals surface area contributed by atoms with Crippen LogP contribution in [0.4, 0.5) is 0 Å². The van der Waals surface area contributed by atoms with Gasteiger partial charge in [-0.25, -0.2) is 0 Å². The summed E-state index contributed by atoms with van der Waals surface area (Å²) >= 11 is 0. The minimum Gasteiger partial charge on any atom is -0.310 e. The van der Waals surface area contributed by atoms with Gasteiger partial charge in [0.15, 0.2) is 0 Å². The summed E-state index contributed by atoms with van der Waals surface area (Å²) < 4.78 is 0. The molecule has 1 aromatic carbocycles. The summed E-state index contributed by atoms with van der Waals surface area (Å²) in [5.74, 6) is 0. The van der Waals surface area contributed by atoms with Gasteiger partial charge in [-0.05, 0) is 46.5 Å². The number of benzene rings is 1. The van der Waals surface area contributed by atoms with Gasteiger partial charge < -0.3 is 10.2 Å². The molecule has 0 saturated heterocycles. The minimum atomic E-state index is 0.572. The van der Waals surface area contributed by atoms with Crippen LogP contribution in [0.15, 0.2) is 24.3 Å². The van der Waals surface area contributed by atoms with Crippen molar-refractivity contribution in [2.45, 2.75) is 32.9 Å². The van der Waals surface area contributed by atoms with E-state index in [2.05, 4.69) is 62.4 Å². The quantitative estimate of drug-likeness (QED) is 0.792. The number of rotatable bonds is 6. The zero-order valence-corrected chi connectivity index (χ0v) is 11.0. The Morgan fingerprint density at radius 3 is 2.69 bits per heavy atom. The normalized spacial score (nSPS) is 13.1. The molecular formula is C14H24N2. The van der Waals surface area contributed by atoms with Crippen LogP contribution in [-0.2, 0) is 6.54 Å². The molecule has 1 aromatic rings. The highest BCUT2D eigenvalue weighted by molar-refractivity contribution is 5.21. The standard InChI is InChI=1S/C14H24N2/c1-12-6-5-7-14(10-12)11-15-13(2)8-9-16(3)4/h5-7,10,13,15H,8-9,11H2,1-4H3. The monoisotopic (exact) mass is 220 g/mol. The lowest BCUT2D eigenvalue weighted by Gasteiger charge is -2.16. The molecule has 2 heteroatoms. The zero-order valence-electron chi connectivity index (χ0n) is 11.0. The second-order valence-corrected chi connectivity index (χ2v) is 4.86. The average Bonchev–Trinajstić information content (AvgIpc) is 2.23. The number of aryl methyl sites for hydroxylation is 1. The van der Waals surface area contributed by atoms with Crippen LogP contribution in [0, 0.1) is 6.92 Å². The van der Waals surface area contributed by atoms with Gasteiger partial charge in [-0.15, -0.1) is 0 Å². The second kappa shape index (κ2) is 6.66. The van der Waals surface area contributed by atoms with Crippen LogP contribution in [0.5, 0.6) is 0 Å². The molecule has 2 nitrogen and oxygen atoms in total. The molecule has 0 heterocycles. The first-order valence-electron chi connectivity index (χ1n) is 6.01. The van der Waals surface area contributed by atoms with Crippen molar-refractivity contribution < 1.29 is 0 Å². The van der Waals surface area contributed by atoms with E-state index in [0.29, 0.717) is 6.04 Å². The van der Waals surface area contributed by atoms with Crippen molar-refractivity contribution in [1.82, 2.24) is 10.2 Å². The third kappa shape index (κ3) is 5.29. The van der Waals surface area contributed by atoms with Crippen LogP contribution in [0.25, 0.3) is 0 Å². The molecule has 0 fully saturated rings. The maximum absolute atomic E-state index is 3.55. The van der Waals surface area contributed by atoms with Crippen molar-refractivity contribution >= 4 is 0 Å². The molecule has 0 aliphatic carbocycles. The molecular weight excluding hydrogens is 196 g/mol. The van der Waals surface area contributed by atoms with Crippen molar-refractivity contribution in [3.8, 4) is 0 Å². The number of nitrogens with zero attached hydrogens (tertiary/aromatic N) is 1. The lowest BCUT2D eigenvalue weighted by Crippen LogP contribution is -2.29. The van der Waals surface area contributed by atoms with E-state index in [1.807, 2.05) is 0 Å². The molecule has 0 aliphatic heterocycles. The molecule has 0 aromatic heterocycles. The first-order chi connectivity index (χ1) is 7.58. The molecule has 0 amide bonds. The van der Waals surface area contributed by atoms with E-state index in [-0.39, 0.29) is 0 Å². The summed E-state index contributed by atoms with van der Waals surface area (Å²) in [6.07, 6.45) is 1.19. The lowest BCUT2D eigenvalue weighted by atomic mass is 10.1. The van der Waals surface area contributed by atoms with Crippen LogP contribution in [0.3, 0.4) is 0 Å². The Balaban J connectivity index is 2.28. The molecule has 1 N–H and O–H groups in total. The summed E-state index contributed by atoms with van der Waals surface area (Å²) in [7, 11) is 4.24. The van der Waals surface area contributed by atoms with Crippen molar-refractivity contribution in [2.24, 2.45) is 0 Å². The Hall–Kier alpha value is -0.860. The average molecular weight is 220 g/mol. The van der Waals surface area contributed by atoms with Gasteiger partial charge in [-0.1, -0.05) is 29.8 Å². The highest BCUT2D eigenvalue weighted by atomic mass is 15.1. The van der Waals surface area contributed by atoms with E-state index >= 15 is 0 Å². The fraction of sp³-hybridized carbons (Fsp3) is 0.571. The van der Waals surface area contributed by atoms with E-state index in [9.17, 15) is 0 Å². The topological polar surface area (TPSA) is 15.3 Å². The van der Waals surface area contributed by atoms with Gasteiger partial charge in [0.25, 0.3) is 0 Å². The fourth-order valence-electron chi connectivity index (χ4n) is 1.67. The molecule has 0 radical (unpaired) electrons. The first-order valence-corrected chi connectivity index (χ1v) is 6.01. The summed E-state index contributed by atoms with van der Waals surface area (Å²) in [6, 6.07) is 9.25. The molecule has 0 saturated carbocycles. The Labute approximate surface area is 99.7 Å². The highest BCUT2D eigenvalue weighted by Gasteiger charge is 2.02. The maximum atomic E-state index is 3.55. The van der Waals surface area contributed by atoms with E-state index in [1.165, 1.54) is 17.5 Å². The first kappa shape index (κ1) is 13.2. The predicted molar refractivity (Wildman–Crippen MR) is 70.7 cm³/mol. The van der Waals surface area contributed by atoms with Crippen LogP contribution in [0.1, 0.15) is 24.5 Å². The van der Waals surface area contributed by atoms with Crippen molar-refractivity contribution in [3.63, 3.8) is 0 Å². The second-order valence-electron chi connectivity index (χ2n) is 4.86. The molecule has 16 heavy (non-hydrogen) atoms. The molecule has 1 atom stereocenters. The summed E-state index contributed by atoms with van der Waals surface area (Å²) in [5, 5.41) is 3.55. The Morgan fingerprint density at radius 2 is 2.06 bits per heavy atom. The number of hydrogen-bond acceptors (Lipinski definition) is 2. The minimum absolute atomic E-state index is 0.572. The molecule has 0 bridgehead atoms. The van der Waals surface area contributed by atoms with E-state index in [1.54, 1.807) is 0 Å². The fourth-order valence-corrected chi connectivity index (χ4v) is 1.67. The summed E-state index contributed by atoms with van der Waals surface area (Å²) in [5.41, 5.74) is 2.71. The molecule has 1 rings (SSSR count). The number of hydrogen-bond donors (Lipinski definition) is 1. The van der Waals surface area contributed by atoms with Gasteiger partial charge in [0.05, 0.1) is 0 Å². The Kier molecular flexibility index (Phi) is 5.50. The van der Waals surface area contributed by atoms with Crippen molar-refractivity contribution in [3.05, 3.63) is 35.4 Å². The van der Waals surface area contributed by atoms with Crippen LogP contribution < -0.4 is 5.32 Å². The van der Waals surface area contributed by atoms with E-state index in [4.69, 9.17) is 0 Å².